The second kappa shape index (κ2) is 5.31. The van der Waals surface area contributed by atoms with E-state index < -0.39 is 0 Å². The normalized spacial score (nSPS) is 9.92. The number of amides is 1. The maximum atomic E-state index is 11.1. The molecule has 1 heterocycles. The third-order valence-corrected chi connectivity index (χ3v) is 1.56. The van der Waals surface area contributed by atoms with Crippen molar-refractivity contribution in [1.82, 2.24) is 10.5 Å². The number of hydrogen-bond donors (Lipinski definition) is 2. The van der Waals surface area contributed by atoms with Gasteiger partial charge in [-0.2, -0.15) is 0 Å². The summed E-state index contributed by atoms with van der Waals surface area (Å²) in [5.74, 6) is 0.642. The molecule has 0 bridgehead atoms. The first-order chi connectivity index (χ1) is 6.33. The predicted octanol–water partition coefficient (Wildman–Crippen LogP) is 0.0297. The van der Waals surface area contributed by atoms with Crippen molar-refractivity contribution in [2.24, 2.45) is 5.73 Å². The number of nitrogens with zero attached hydrogens (tertiary/aromatic N) is 1. The molecule has 13 heavy (non-hydrogen) atoms. The van der Waals surface area contributed by atoms with Crippen molar-refractivity contribution in [3.05, 3.63) is 18.0 Å². The number of carbonyl (C=O) groups is 1. The third kappa shape index (κ3) is 3.71. The van der Waals surface area contributed by atoms with E-state index in [-0.39, 0.29) is 5.91 Å². The summed E-state index contributed by atoms with van der Waals surface area (Å²) < 4.78 is 4.80. The van der Waals surface area contributed by atoms with Crippen LogP contribution in [0.3, 0.4) is 0 Å². The summed E-state index contributed by atoms with van der Waals surface area (Å²) in [4.78, 5) is 11.1. The highest BCUT2D eigenvalue weighted by molar-refractivity contribution is 5.75. The topological polar surface area (TPSA) is 81.2 Å². The maximum absolute atomic E-state index is 11.1. The van der Waals surface area contributed by atoms with Crippen LogP contribution in [0.5, 0.6) is 0 Å². The van der Waals surface area contributed by atoms with E-state index in [0.717, 1.165) is 0 Å². The summed E-state index contributed by atoms with van der Waals surface area (Å²) >= 11 is 0. The summed E-state index contributed by atoms with van der Waals surface area (Å²) in [5.41, 5.74) is 5.26. The first-order valence-corrected chi connectivity index (χ1v) is 4.19. The number of hydrogen-bond acceptors (Lipinski definition) is 4. The lowest BCUT2D eigenvalue weighted by molar-refractivity contribution is -0.121. The fourth-order valence-electron chi connectivity index (χ4n) is 0.870. The first kappa shape index (κ1) is 9.73. The molecule has 1 aromatic heterocycles. The molecule has 1 rings (SSSR count). The summed E-state index contributed by atoms with van der Waals surface area (Å²) in [5, 5.41) is 6.21. The van der Waals surface area contributed by atoms with Gasteiger partial charge in [0.05, 0.1) is 12.7 Å². The molecule has 0 aliphatic rings. The fourth-order valence-corrected chi connectivity index (χ4v) is 0.870. The Kier molecular flexibility index (Phi) is 3.98. The quantitative estimate of drug-likeness (QED) is 0.674. The zero-order chi connectivity index (χ0) is 9.52. The molecule has 72 valence electrons. The molecule has 0 radical (unpaired) electrons. The Bertz CT molecular complexity index is 246. The minimum atomic E-state index is -0.0122. The van der Waals surface area contributed by atoms with E-state index in [1.807, 2.05) is 0 Å². The average Bonchev–Trinajstić information content (AvgIpc) is 2.64. The van der Waals surface area contributed by atoms with Crippen molar-refractivity contribution in [3.63, 3.8) is 0 Å². The molecule has 1 aromatic rings. The van der Waals surface area contributed by atoms with Crippen LogP contribution >= 0.6 is 0 Å². The second-order valence-corrected chi connectivity index (χ2v) is 2.65. The Morgan fingerprint density at radius 3 is 3.15 bits per heavy atom. The molecule has 0 fully saturated rings. The highest BCUT2D eigenvalue weighted by atomic mass is 16.5. The van der Waals surface area contributed by atoms with Crippen LogP contribution in [0.2, 0.25) is 0 Å². The Hall–Kier alpha value is -1.36. The van der Waals surface area contributed by atoms with Crippen LogP contribution < -0.4 is 11.1 Å². The Morgan fingerprint density at radius 2 is 2.54 bits per heavy atom. The molecular formula is C8H13N3O2. The van der Waals surface area contributed by atoms with Crippen LogP contribution in [0.15, 0.2) is 16.8 Å². The summed E-state index contributed by atoms with van der Waals surface area (Å²) in [7, 11) is 0. The van der Waals surface area contributed by atoms with Crippen LogP contribution in [0.4, 0.5) is 0 Å². The summed E-state index contributed by atoms with van der Waals surface area (Å²) in [6, 6.07) is 1.71. The SMILES string of the molecule is NCCCC(=O)NCc1ccno1. The molecule has 3 N–H and O–H groups in total. The van der Waals surface area contributed by atoms with E-state index in [2.05, 4.69) is 10.5 Å². The Balaban J connectivity index is 2.15. The van der Waals surface area contributed by atoms with Crippen LogP contribution in [0.25, 0.3) is 0 Å². The number of aromatic nitrogens is 1. The Labute approximate surface area is 76.3 Å². The van der Waals surface area contributed by atoms with Gasteiger partial charge in [-0.3, -0.25) is 4.79 Å². The van der Waals surface area contributed by atoms with E-state index in [0.29, 0.717) is 31.7 Å². The number of nitrogens with two attached hydrogens (primary N) is 1. The van der Waals surface area contributed by atoms with Gasteiger partial charge in [-0.1, -0.05) is 5.16 Å². The van der Waals surface area contributed by atoms with Gasteiger partial charge in [0.25, 0.3) is 0 Å². The third-order valence-electron chi connectivity index (χ3n) is 1.56. The minimum Gasteiger partial charge on any atom is -0.360 e. The number of nitrogens with one attached hydrogen (secondary N) is 1. The number of rotatable bonds is 5. The molecule has 0 saturated heterocycles. The molecule has 5 nitrogen and oxygen atoms in total. The van der Waals surface area contributed by atoms with Gasteiger partial charge in [-0.15, -0.1) is 0 Å². The van der Waals surface area contributed by atoms with Gasteiger partial charge in [-0.05, 0) is 13.0 Å². The molecule has 0 unspecified atom stereocenters. The highest BCUT2D eigenvalue weighted by Crippen LogP contribution is 1.95. The van der Waals surface area contributed by atoms with E-state index in [9.17, 15) is 4.79 Å². The van der Waals surface area contributed by atoms with Crippen molar-refractivity contribution >= 4 is 5.91 Å². The average molecular weight is 183 g/mol. The van der Waals surface area contributed by atoms with E-state index in [4.69, 9.17) is 10.3 Å². The molecule has 0 spiro atoms. The molecule has 0 saturated carbocycles. The van der Waals surface area contributed by atoms with Gasteiger partial charge in [0, 0.05) is 12.5 Å². The lowest BCUT2D eigenvalue weighted by Gasteiger charge is -2.00. The van der Waals surface area contributed by atoms with Gasteiger partial charge in [0.15, 0.2) is 5.76 Å². The van der Waals surface area contributed by atoms with Crippen molar-refractivity contribution < 1.29 is 9.32 Å². The highest BCUT2D eigenvalue weighted by Gasteiger charge is 2.01. The van der Waals surface area contributed by atoms with Gasteiger partial charge >= 0.3 is 0 Å². The molecule has 0 atom stereocenters. The van der Waals surface area contributed by atoms with Crippen molar-refractivity contribution in [2.45, 2.75) is 19.4 Å². The molecule has 0 aliphatic carbocycles. The van der Waals surface area contributed by atoms with Crippen LogP contribution in [-0.4, -0.2) is 17.6 Å². The minimum absolute atomic E-state index is 0.0122. The van der Waals surface area contributed by atoms with Gasteiger partial charge < -0.3 is 15.6 Å². The standard InChI is InChI=1S/C8H13N3O2/c9-4-1-2-8(12)10-6-7-3-5-11-13-7/h3,5H,1-2,4,6,9H2,(H,10,12). The van der Waals surface area contributed by atoms with Crippen molar-refractivity contribution in [1.29, 1.82) is 0 Å². The zero-order valence-electron chi connectivity index (χ0n) is 7.32. The zero-order valence-corrected chi connectivity index (χ0v) is 7.32. The predicted molar refractivity (Wildman–Crippen MR) is 46.6 cm³/mol. The lowest BCUT2D eigenvalue weighted by Crippen LogP contribution is -2.22. The molecule has 0 aliphatic heterocycles. The second-order valence-electron chi connectivity index (χ2n) is 2.65. The van der Waals surface area contributed by atoms with Crippen LogP contribution in [-0.2, 0) is 11.3 Å². The van der Waals surface area contributed by atoms with Gasteiger partial charge in [0.1, 0.15) is 0 Å². The van der Waals surface area contributed by atoms with Crippen molar-refractivity contribution in [2.75, 3.05) is 6.54 Å². The van der Waals surface area contributed by atoms with Crippen molar-refractivity contribution in [3.8, 4) is 0 Å². The monoisotopic (exact) mass is 183 g/mol. The van der Waals surface area contributed by atoms with E-state index in [1.54, 1.807) is 12.3 Å². The molecule has 1 amide bonds. The summed E-state index contributed by atoms with van der Waals surface area (Å²) in [6.07, 6.45) is 2.72. The van der Waals surface area contributed by atoms with Crippen LogP contribution in [0.1, 0.15) is 18.6 Å². The first-order valence-electron chi connectivity index (χ1n) is 4.19. The molecule has 5 heteroatoms. The summed E-state index contributed by atoms with van der Waals surface area (Å²) in [6.45, 7) is 0.930. The molecule has 0 aromatic carbocycles. The fraction of sp³-hybridized carbons (Fsp3) is 0.500. The molecular weight excluding hydrogens is 170 g/mol. The maximum Gasteiger partial charge on any atom is 0.220 e. The largest absolute Gasteiger partial charge is 0.360 e. The van der Waals surface area contributed by atoms with Crippen LogP contribution in [0, 0.1) is 0 Å². The lowest BCUT2D eigenvalue weighted by atomic mass is 10.3. The smallest absolute Gasteiger partial charge is 0.220 e. The Morgan fingerprint density at radius 1 is 1.69 bits per heavy atom. The number of carbonyl (C=O) groups excluding carboxylic acids is 1. The van der Waals surface area contributed by atoms with Gasteiger partial charge in [0.2, 0.25) is 5.91 Å². The van der Waals surface area contributed by atoms with E-state index >= 15 is 0 Å². The van der Waals surface area contributed by atoms with E-state index in [1.165, 1.54) is 0 Å². The van der Waals surface area contributed by atoms with Gasteiger partial charge in [-0.25, -0.2) is 0 Å².